The summed E-state index contributed by atoms with van der Waals surface area (Å²) in [5.74, 6) is -2.04. The van der Waals surface area contributed by atoms with Crippen LogP contribution >= 0.6 is 11.3 Å². The van der Waals surface area contributed by atoms with Gasteiger partial charge >= 0.3 is 5.97 Å². The maximum Gasteiger partial charge on any atom is 0.357 e. The summed E-state index contributed by atoms with van der Waals surface area (Å²) in [7, 11) is 0. The number of primary amides is 1. The highest BCUT2D eigenvalue weighted by molar-refractivity contribution is 7.17. The average Bonchev–Trinajstić information content (AvgIpc) is 3.06. The van der Waals surface area contributed by atoms with Gasteiger partial charge in [-0.05, 0) is 36.8 Å². The van der Waals surface area contributed by atoms with Crippen molar-refractivity contribution < 1.29 is 19.5 Å². The van der Waals surface area contributed by atoms with Crippen molar-refractivity contribution in [1.29, 1.82) is 0 Å². The van der Waals surface area contributed by atoms with Gasteiger partial charge in [0.25, 0.3) is 11.5 Å². The molecule has 0 saturated carbocycles. The minimum Gasteiger partial charge on any atom is -0.476 e. The highest BCUT2D eigenvalue weighted by atomic mass is 32.1. The Morgan fingerprint density at radius 1 is 1.29 bits per heavy atom. The number of nitrogens with zero attached hydrogens (tertiary/aromatic N) is 2. The molecule has 2 heterocycles. The van der Waals surface area contributed by atoms with Crippen molar-refractivity contribution in [2.45, 2.75) is 32.7 Å². The van der Waals surface area contributed by atoms with Crippen LogP contribution in [0.4, 0.5) is 5.00 Å². The van der Waals surface area contributed by atoms with E-state index < -0.39 is 29.9 Å². The summed E-state index contributed by atoms with van der Waals surface area (Å²) in [5.41, 5.74) is 5.86. The third-order valence-electron chi connectivity index (χ3n) is 5.37. The Morgan fingerprint density at radius 2 is 2.00 bits per heavy atom. The van der Waals surface area contributed by atoms with Gasteiger partial charge < -0.3 is 16.2 Å². The van der Waals surface area contributed by atoms with Crippen molar-refractivity contribution in [2.75, 3.05) is 5.32 Å². The molecular weight excluding hydrogens is 420 g/mol. The van der Waals surface area contributed by atoms with Gasteiger partial charge in [0.1, 0.15) is 11.5 Å². The Hall–Kier alpha value is -3.53. The number of thiophene rings is 1. The number of aromatic carboxylic acids is 1. The van der Waals surface area contributed by atoms with Gasteiger partial charge in [0.05, 0.1) is 10.9 Å². The molecule has 31 heavy (non-hydrogen) atoms. The molecule has 1 aromatic carbocycles. The number of carboxylic acids is 1. The van der Waals surface area contributed by atoms with Gasteiger partial charge in [-0.3, -0.25) is 14.4 Å². The molecular formula is C21H20N4O5S. The number of benzene rings is 1. The minimum atomic E-state index is -1.30. The Bertz CT molecular complexity index is 1290. The molecule has 0 fully saturated rings. The van der Waals surface area contributed by atoms with Crippen LogP contribution in [0.2, 0.25) is 0 Å². The van der Waals surface area contributed by atoms with Crippen LogP contribution in [-0.2, 0) is 24.2 Å². The molecule has 0 spiro atoms. The van der Waals surface area contributed by atoms with E-state index in [0.717, 1.165) is 34.4 Å². The summed E-state index contributed by atoms with van der Waals surface area (Å²) >= 11 is 1.31. The number of hydrogen-bond donors (Lipinski definition) is 3. The van der Waals surface area contributed by atoms with Crippen LogP contribution in [-0.4, -0.2) is 32.7 Å². The first kappa shape index (κ1) is 20.7. The molecule has 160 valence electrons. The number of carbonyl (C=O) groups is 3. The number of carbonyl (C=O) groups excluding carboxylic acids is 2. The Labute approximate surface area is 180 Å². The second kappa shape index (κ2) is 7.95. The topological polar surface area (TPSA) is 144 Å². The number of carboxylic acid groups (broad SMARTS) is 1. The molecule has 2 aromatic heterocycles. The van der Waals surface area contributed by atoms with Gasteiger partial charge in [0.15, 0.2) is 5.69 Å². The lowest BCUT2D eigenvalue weighted by atomic mass is 9.88. The largest absolute Gasteiger partial charge is 0.476 e. The van der Waals surface area contributed by atoms with Crippen molar-refractivity contribution in [3.63, 3.8) is 0 Å². The fraction of sp³-hybridized carbons (Fsp3) is 0.286. The Balaban J connectivity index is 1.67. The van der Waals surface area contributed by atoms with Crippen molar-refractivity contribution >= 4 is 44.9 Å². The Morgan fingerprint density at radius 3 is 2.68 bits per heavy atom. The van der Waals surface area contributed by atoms with E-state index >= 15 is 0 Å². The monoisotopic (exact) mass is 440 g/mol. The molecule has 3 aromatic rings. The summed E-state index contributed by atoms with van der Waals surface area (Å²) in [5, 5.41) is 16.7. The summed E-state index contributed by atoms with van der Waals surface area (Å²) in [4.78, 5) is 50.1. The highest BCUT2D eigenvalue weighted by Crippen LogP contribution is 2.39. The number of aromatic nitrogens is 2. The second-order valence-electron chi connectivity index (χ2n) is 7.63. The van der Waals surface area contributed by atoms with Crippen LogP contribution in [0, 0.1) is 5.92 Å². The SMILES string of the molecule is C[C@H]1CCc2c(sc(NC(=O)Cn3nc(C(=O)O)c4ccccc4c3=O)c2C(N)=O)C1. The van der Waals surface area contributed by atoms with E-state index in [9.17, 15) is 24.3 Å². The minimum absolute atomic E-state index is 0.154. The van der Waals surface area contributed by atoms with E-state index in [-0.39, 0.29) is 16.5 Å². The zero-order valence-corrected chi connectivity index (χ0v) is 17.5. The molecule has 9 nitrogen and oxygen atoms in total. The number of amides is 2. The van der Waals surface area contributed by atoms with Gasteiger partial charge in [-0.25, -0.2) is 9.48 Å². The molecule has 1 aliphatic rings. The van der Waals surface area contributed by atoms with Gasteiger partial charge in [-0.1, -0.05) is 25.1 Å². The van der Waals surface area contributed by atoms with E-state index in [4.69, 9.17) is 5.73 Å². The van der Waals surface area contributed by atoms with Crippen molar-refractivity contribution in [2.24, 2.45) is 11.7 Å². The molecule has 4 rings (SSSR count). The smallest absolute Gasteiger partial charge is 0.357 e. The standard InChI is InChI=1S/C21H20N4O5S/c1-10-6-7-13-14(8-10)31-19(16(13)18(22)27)23-15(26)9-25-20(28)12-5-3-2-4-11(12)17(24-25)21(29)30/h2-5,10H,6-9H2,1H3,(H2,22,27)(H,23,26)(H,29,30)/t10-/m0/s1. The second-order valence-corrected chi connectivity index (χ2v) is 8.74. The molecule has 0 aliphatic heterocycles. The van der Waals surface area contributed by atoms with Crippen molar-refractivity contribution in [3.8, 4) is 0 Å². The Kier molecular flexibility index (Phi) is 5.32. The lowest BCUT2D eigenvalue weighted by Crippen LogP contribution is -2.31. The maximum atomic E-state index is 12.7. The van der Waals surface area contributed by atoms with Crippen LogP contribution in [0.15, 0.2) is 29.1 Å². The van der Waals surface area contributed by atoms with Gasteiger partial charge in [0, 0.05) is 10.3 Å². The summed E-state index contributed by atoms with van der Waals surface area (Å²) in [6.45, 7) is 1.63. The fourth-order valence-corrected chi connectivity index (χ4v) is 5.33. The molecule has 0 radical (unpaired) electrons. The van der Waals surface area contributed by atoms with E-state index in [1.165, 1.54) is 23.5 Å². The summed E-state index contributed by atoms with van der Waals surface area (Å²) < 4.78 is 0.820. The van der Waals surface area contributed by atoms with E-state index in [1.54, 1.807) is 12.1 Å². The molecule has 10 heteroatoms. The molecule has 0 unspecified atom stereocenters. The maximum absolute atomic E-state index is 12.7. The molecule has 2 amide bonds. The molecule has 0 bridgehead atoms. The van der Waals surface area contributed by atoms with Crippen LogP contribution < -0.4 is 16.6 Å². The normalized spacial score (nSPS) is 15.5. The third-order valence-corrected chi connectivity index (χ3v) is 6.54. The fourth-order valence-electron chi connectivity index (χ4n) is 3.90. The van der Waals surface area contributed by atoms with Gasteiger partial charge in [0.2, 0.25) is 5.91 Å². The third kappa shape index (κ3) is 3.81. The quantitative estimate of drug-likeness (QED) is 0.554. The summed E-state index contributed by atoms with van der Waals surface area (Å²) in [6, 6.07) is 6.20. The van der Waals surface area contributed by atoms with E-state index in [2.05, 4.69) is 17.3 Å². The first-order chi connectivity index (χ1) is 14.8. The van der Waals surface area contributed by atoms with Crippen LogP contribution in [0.25, 0.3) is 10.8 Å². The predicted molar refractivity (Wildman–Crippen MR) is 116 cm³/mol. The molecule has 1 aliphatic carbocycles. The van der Waals surface area contributed by atoms with Crippen LogP contribution in [0.5, 0.6) is 0 Å². The number of nitrogens with two attached hydrogens (primary N) is 1. The van der Waals surface area contributed by atoms with Gasteiger partial charge in [-0.2, -0.15) is 5.10 Å². The number of rotatable bonds is 5. The highest BCUT2D eigenvalue weighted by Gasteiger charge is 2.27. The van der Waals surface area contributed by atoms with Crippen LogP contribution in [0.3, 0.4) is 0 Å². The van der Waals surface area contributed by atoms with E-state index in [0.29, 0.717) is 16.5 Å². The van der Waals surface area contributed by atoms with Crippen LogP contribution in [0.1, 0.15) is 44.6 Å². The predicted octanol–water partition coefficient (Wildman–Crippen LogP) is 2.02. The zero-order chi connectivity index (χ0) is 22.3. The number of anilines is 1. The first-order valence-electron chi connectivity index (χ1n) is 9.73. The average molecular weight is 440 g/mol. The number of nitrogens with one attached hydrogen (secondary N) is 1. The number of fused-ring (bicyclic) bond motifs is 2. The van der Waals surface area contributed by atoms with Crippen molar-refractivity contribution in [3.05, 3.63) is 56.3 Å². The molecule has 1 atom stereocenters. The lowest BCUT2D eigenvalue weighted by Gasteiger charge is -2.18. The summed E-state index contributed by atoms with van der Waals surface area (Å²) in [6.07, 6.45) is 2.46. The van der Waals surface area contributed by atoms with Crippen molar-refractivity contribution in [1.82, 2.24) is 9.78 Å². The molecule has 4 N–H and O–H groups in total. The lowest BCUT2D eigenvalue weighted by molar-refractivity contribution is -0.117. The number of hydrogen-bond acceptors (Lipinski definition) is 6. The zero-order valence-electron chi connectivity index (χ0n) is 16.7. The molecule has 0 saturated heterocycles. The first-order valence-corrected chi connectivity index (χ1v) is 10.5. The van der Waals surface area contributed by atoms with Gasteiger partial charge in [-0.15, -0.1) is 11.3 Å². The van der Waals surface area contributed by atoms with E-state index in [1.807, 2.05) is 0 Å².